The molecule has 4 aliphatic rings. The van der Waals surface area contributed by atoms with Gasteiger partial charge in [-0.1, -0.05) is 52.4 Å². The van der Waals surface area contributed by atoms with Crippen molar-refractivity contribution in [3.05, 3.63) is 0 Å². The number of hydrogen-bond donors (Lipinski definition) is 0. The van der Waals surface area contributed by atoms with Gasteiger partial charge in [0.2, 0.25) is 0 Å². The molecule has 3 saturated carbocycles. The zero-order chi connectivity index (χ0) is 15.8. The molecule has 132 valence electrons. The van der Waals surface area contributed by atoms with Gasteiger partial charge in [-0.2, -0.15) is 0 Å². The minimum Gasteiger partial charge on any atom is -0.372 e. The molecule has 0 radical (unpaired) electrons. The van der Waals surface area contributed by atoms with Crippen molar-refractivity contribution in [1.29, 1.82) is 0 Å². The molecular weight excluding hydrogens is 282 g/mol. The highest BCUT2D eigenvalue weighted by atomic mass is 16.5. The van der Waals surface area contributed by atoms with Gasteiger partial charge in [-0.3, -0.25) is 4.90 Å². The van der Waals surface area contributed by atoms with E-state index >= 15 is 0 Å². The average molecular weight is 320 g/mol. The quantitative estimate of drug-likeness (QED) is 0.697. The molecule has 0 aromatic carbocycles. The van der Waals surface area contributed by atoms with Gasteiger partial charge in [-0.25, -0.2) is 0 Å². The number of ether oxygens (including phenoxy) is 1. The monoisotopic (exact) mass is 319 g/mol. The topological polar surface area (TPSA) is 12.5 Å². The molecule has 0 aromatic rings. The lowest BCUT2D eigenvalue weighted by atomic mass is 9.75. The fraction of sp³-hybridized carbons (Fsp3) is 1.00. The van der Waals surface area contributed by atoms with Gasteiger partial charge in [0.15, 0.2) is 0 Å². The second kappa shape index (κ2) is 7.04. The Kier molecular flexibility index (Phi) is 5.02. The summed E-state index contributed by atoms with van der Waals surface area (Å²) in [4.78, 5) is 3.06. The molecule has 4 rings (SSSR count). The summed E-state index contributed by atoms with van der Waals surface area (Å²) < 4.78 is 6.65. The maximum absolute atomic E-state index is 6.65. The molecule has 1 heterocycles. The summed E-state index contributed by atoms with van der Waals surface area (Å²) >= 11 is 0. The van der Waals surface area contributed by atoms with E-state index in [0.29, 0.717) is 12.2 Å². The minimum absolute atomic E-state index is 0.558. The van der Waals surface area contributed by atoms with Crippen LogP contribution in [0.3, 0.4) is 0 Å². The molecule has 0 spiro atoms. The fourth-order valence-corrected chi connectivity index (χ4v) is 6.24. The number of nitrogens with zero attached hydrogens (tertiary/aromatic N) is 1. The van der Waals surface area contributed by atoms with Crippen molar-refractivity contribution in [3.63, 3.8) is 0 Å². The molecule has 1 aliphatic heterocycles. The maximum Gasteiger partial charge on any atom is 0.0735 e. The highest BCUT2D eigenvalue weighted by Gasteiger charge is 2.48. The van der Waals surface area contributed by atoms with E-state index in [1.807, 2.05) is 0 Å². The Hall–Kier alpha value is -0.0800. The zero-order valence-corrected chi connectivity index (χ0v) is 15.4. The SMILES string of the molecule is CC(C)C1CCCC(N2C3CCCCC3OC3CCCCC32)C1. The van der Waals surface area contributed by atoms with Crippen LogP contribution < -0.4 is 0 Å². The van der Waals surface area contributed by atoms with Gasteiger partial charge >= 0.3 is 0 Å². The predicted octanol–water partition coefficient (Wildman–Crippen LogP) is 5.16. The zero-order valence-electron chi connectivity index (χ0n) is 15.4. The molecule has 1 saturated heterocycles. The molecule has 3 aliphatic carbocycles. The van der Waals surface area contributed by atoms with Crippen LogP contribution in [0, 0.1) is 11.8 Å². The first kappa shape index (κ1) is 16.4. The van der Waals surface area contributed by atoms with Crippen LogP contribution in [0.2, 0.25) is 0 Å². The Morgan fingerprint density at radius 2 is 1.35 bits per heavy atom. The van der Waals surface area contributed by atoms with E-state index in [9.17, 15) is 0 Å². The van der Waals surface area contributed by atoms with Crippen molar-refractivity contribution in [2.45, 2.75) is 121 Å². The molecule has 6 atom stereocenters. The smallest absolute Gasteiger partial charge is 0.0735 e. The van der Waals surface area contributed by atoms with Gasteiger partial charge in [0, 0.05) is 18.1 Å². The predicted molar refractivity (Wildman–Crippen MR) is 95.6 cm³/mol. The van der Waals surface area contributed by atoms with E-state index < -0.39 is 0 Å². The Labute approximate surface area is 143 Å². The van der Waals surface area contributed by atoms with Crippen molar-refractivity contribution >= 4 is 0 Å². The molecule has 0 amide bonds. The largest absolute Gasteiger partial charge is 0.372 e. The van der Waals surface area contributed by atoms with Gasteiger partial charge in [-0.15, -0.1) is 0 Å². The summed E-state index contributed by atoms with van der Waals surface area (Å²) in [5, 5.41) is 0. The molecule has 0 aromatic heterocycles. The molecule has 0 N–H and O–H groups in total. The third-order valence-corrected chi connectivity index (χ3v) is 7.50. The van der Waals surface area contributed by atoms with E-state index in [1.54, 1.807) is 0 Å². The average Bonchev–Trinajstić information content (AvgIpc) is 2.59. The van der Waals surface area contributed by atoms with Crippen LogP contribution in [0.4, 0.5) is 0 Å². The Morgan fingerprint density at radius 1 is 0.739 bits per heavy atom. The molecule has 2 nitrogen and oxygen atoms in total. The van der Waals surface area contributed by atoms with Gasteiger partial charge in [0.25, 0.3) is 0 Å². The highest BCUT2D eigenvalue weighted by Crippen LogP contribution is 2.43. The summed E-state index contributed by atoms with van der Waals surface area (Å²) in [6, 6.07) is 2.36. The normalized spacial score (nSPS) is 45.5. The molecular formula is C21H37NO. The third-order valence-electron chi connectivity index (χ3n) is 7.50. The van der Waals surface area contributed by atoms with E-state index in [2.05, 4.69) is 18.7 Å². The lowest BCUT2D eigenvalue weighted by Gasteiger charge is -2.57. The standard InChI is InChI=1S/C21H37NO/c1-15(2)16-8-7-9-17(14-16)22-18-10-3-5-12-20(18)23-21-13-6-4-11-19(21)22/h15-21H,3-14H2,1-2H3. The maximum atomic E-state index is 6.65. The van der Waals surface area contributed by atoms with Crippen molar-refractivity contribution in [1.82, 2.24) is 4.90 Å². The van der Waals surface area contributed by atoms with Crippen molar-refractivity contribution in [3.8, 4) is 0 Å². The van der Waals surface area contributed by atoms with Crippen molar-refractivity contribution in [2.24, 2.45) is 11.8 Å². The van der Waals surface area contributed by atoms with Crippen LogP contribution >= 0.6 is 0 Å². The number of rotatable bonds is 2. The fourth-order valence-electron chi connectivity index (χ4n) is 6.24. The molecule has 0 bridgehead atoms. The summed E-state index contributed by atoms with van der Waals surface area (Å²) in [5.41, 5.74) is 0. The number of morpholine rings is 1. The van der Waals surface area contributed by atoms with Crippen LogP contribution in [0.1, 0.15) is 90.9 Å². The van der Waals surface area contributed by atoms with E-state index in [4.69, 9.17) is 4.74 Å². The van der Waals surface area contributed by atoms with Crippen LogP contribution in [-0.4, -0.2) is 35.2 Å². The van der Waals surface area contributed by atoms with E-state index in [-0.39, 0.29) is 0 Å². The summed E-state index contributed by atoms with van der Waals surface area (Å²) in [5.74, 6) is 1.82. The van der Waals surface area contributed by atoms with Crippen LogP contribution in [0.15, 0.2) is 0 Å². The summed E-state index contributed by atoms with van der Waals surface area (Å²) in [6.07, 6.45) is 18.1. The molecule has 23 heavy (non-hydrogen) atoms. The molecule has 4 fully saturated rings. The van der Waals surface area contributed by atoms with Crippen LogP contribution in [0.5, 0.6) is 0 Å². The molecule has 6 unspecified atom stereocenters. The van der Waals surface area contributed by atoms with Gasteiger partial charge in [-0.05, 0) is 50.4 Å². The van der Waals surface area contributed by atoms with Crippen molar-refractivity contribution in [2.75, 3.05) is 0 Å². The van der Waals surface area contributed by atoms with Crippen LogP contribution in [-0.2, 0) is 4.74 Å². The lowest BCUT2D eigenvalue weighted by molar-refractivity contribution is -0.191. The van der Waals surface area contributed by atoms with E-state index in [1.165, 1.54) is 77.0 Å². The Balaban J connectivity index is 1.56. The Morgan fingerprint density at radius 3 is 1.96 bits per heavy atom. The van der Waals surface area contributed by atoms with Crippen LogP contribution in [0.25, 0.3) is 0 Å². The Bertz CT molecular complexity index is 373. The van der Waals surface area contributed by atoms with Gasteiger partial charge < -0.3 is 4.74 Å². The summed E-state index contributed by atoms with van der Waals surface area (Å²) in [7, 11) is 0. The first-order valence-corrected chi connectivity index (χ1v) is 10.7. The van der Waals surface area contributed by atoms with Gasteiger partial charge in [0.1, 0.15) is 0 Å². The summed E-state index contributed by atoms with van der Waals surface area (Å²) in [6.45, 7) is 4.89. The third kappa shape index (κ3) is 3.23. The van der Waals surface area contributed by atoms with Gasteiger partial charge in [0.05, 0.1) is 12.2 Å². The minimum atomic E-state index is 0.558. The first-order chi connectivity index (χ1) is 11.2. The van der Waals surface area contributed by atoms with E-state index in [0.717, 1.165) is 30.0 Å². The lowest BCUT2D eigenvalue weighted by Crippen LogP contribution is -2.65. The number of hydrogen-bond acceptors (Lipinski definition) is 2. The first-order valence-electron chi connectivity index (χ1n) is 10.7. The van der Waals surface area contributed by atoms with Crippen molar-refractivity contribution < 1.29 is 4.74 Å². The highest BCUT2D eigenvalue weighted by molar-refractivity contribution is 5.01. The number of fused-ring (bicyclic) bond motifs is 2. The molecule has 2 heteroatoms. The second-order valence-corrected chi connectivity index (χ2v) is 9.19. The second-order valence-electron chi connectivity index (χ2n) is 9.19.